The smallest absolute Gasteiger partial charge is 0.326 e. The van der Waals surface area contributed by atoms with Crippen molar-refractivity contribution < 1.29 is 24.6 Å². The van der Waals surface area contributed by atoms with Gasteiger partial charge in [0, 0.05) is 19.7 Å². The minimum atomic E-state index is -1.30. The number of nitrogens with one attached hydrogen (secondary N) is 1. The van der Waals surface area contributed by atoms with Crippen LogP contribution in [-0.4, -0.2) is 58.8 Å². The largest absolute Gasteiger partial charge is 0.480 e. The molecule has 0 spiro atoms. The van der Waals surface area contributed by atoms with E-state index in [1.54, 1.807) is 0 Å². The minimum Gasteiger partial charge on any atom is -0.480 e. The number of likely N-dealkylation sites (tertiary alicyclic amines) is 1. The summed E-state index contributed by atoms with van der Waals surface area (Å²) in [5.74, 6) is -1.85. The second-order valence-corrected chi connectivity index (χ2v) is 4.62. The van der Waals surface area contributed by atoms with Crippen LogP contribution in [0.2, 0.25) is 0 Å². The number of hydrogen-bond acceptors (Lipinski definition) is 4. The van der Waals surface area contributed by atoms with Crippen molar-refractivity contribution in [3.63, 3.8) is 0 Å². The topological polar surface area (TPSA) is 133 Å². The van der Waals surface area contributed by atoms with Gasteiger partial charge in [-0.1, -0.05) is 0 Å². The molecule has 0 bridgehead atoms. The first kappa shape index (κ1) is 15.2. The molecule has 8 nitrogen and oxygen atoms in total. The second kappa shape index (κ2) is 6.93. The molecule has 2 unspecified atom stereocenters. The zero-order valence-electron chi connectivity index (χ0n) is 10.5. The number of nitrogens with two attached hydrogens (primary N) is 1. The minimum absolute atomic E-state index is 0.0690. The fourth-order valence-electron chi connectivity index (χ4n) is 2.08. The van der Waals surface area contributed by atoms with Crippen LogP contribution in [-0.2, 0) is 9.59 Å². The van der Waals surface area contributed by atoms with Crippen molar-refractivity contribution in [3.05, 3.63) is 0 Å². The molecule has 0 aromatic carbocycles. The van der Waals surface area contributed by atoms with Crippen LogP contribution in [0.25, 0.3) is 0 Å². The van der Waals surface area contributed by atoms with Crippen LogP contribution in [0.3, 0.4) is 0 Å². The summed E-state index contributed by atoms with van der Waals surface area (Å²) in [5.41, 5.74) is 4.93. The number of aliphatic hydroxyl groups excluding tert-OH is 1. The van der Waals surface area contributed by atoms with E-state index in [0.717, 1.165) is 6.42 Å². The molecule has 8 heteroatoms. The number of hydrogen-bond donors (Lipinski definition) is 4. The van der Waals surface area contributed by atoms with Gasteiger partial charge >= 0.3 is 12.0 Å². The van der Waals surface area contributed by atoms with Gasteiger partial charge in [0.15, 0.2) is 0 Å². The summed E-state index contributed by atoms with van der Waals surface area (Å²) in [5, 5.41) is 20.0. The standard InChI is InChI=1S/C11H19N3O5/c12-9(16)5-8(10(17)18)13-11(19)14-3-1-7(6-14)2-4-15/h7-8,15H,1-6H2,(H2,12,16)(H,13,19)(H,17,18). The molecule has 0 aromatic rings. The molecule has 5 N–H and O–H groups in total. The number of amides is 3. The van der Waals surface area contributed by atoms with E-state index in [4.69, 9.17) is 15.9 Å². The maximum Gasteiger partial charge on any atom is 0.326 e. The maximum atomic E-state index is 11.8. The van der Waals surface area contributed by atoms with E-state index in [1.807, 2.05) is 0 Å². The molecule has 1 aliphatic heterocycles. The molecule has 0 radical (unpaired) electrons. The Bertz CT molecular complexity index is 360. The molecule has 19 heavy (non-hydrogen) atoms. The lowest BCUT2D eigenvalue weighted by molar-refractivity contribution is -0.140. The molecule has 1 heterocycles. The van der Waals surface area contributed by atoms with Crippen molar-refractivity contribution in [2.75, 3.05) is 19.7 Å². The molecule has 0 aliphatic carbocycles. The van der Waals surface area contributed by atoms with Gasteiger partial charge in [-0.2, -0.15) is 0 Å². The normalized spacial score (nSPS) is 20.1. The first-order valence-corrected chi connectivity index (χ1v) is 6.11. The highest BCUT2D eigenvalue weighted by molar-refractivity contribution is 5.87. The summed E-state index contributed by atoms with van der Waals surface area (Å²) in [6.45, 7) is 1.06. The number of urea groups is 1. The van der Waals surface area contributed by atoms with E-state index in [1.165, 1.54) is 4.90 Å². The maximum absolute atomic E-state index is 11.8. The number of primary amides is 1. The van der Waals surface area contributed by atoms with Crippen LogP contribution >= 0.6 is 0 Å². The van der Waals surface area contributed by atoms with E-state index >= 15 is 0 Å². The number of aliphatic carboxylic acids is 1. The van der Waals surface area contributed by atoms with E-state index in [-0.39, 0.29) is 12.5 Å². The zero-order chi connectivity index (χ0) is 14.4. The van der Waals surface area contributed by atoms with Gasteiger partial charge in [-0.25, -0.2) is 9.59 Å². The van der Waals surface area contributed by atoms with Gasteiger partial charge in [-0.15, -0.1) is 0 Å². The van der Waals surface area contributed by atoms with E-state index < -0.39 is 30.4 Å². The molecule has 1 fully saturated rings. The molecular weight excluding hydrogens is 254 g/mol. The fourth-order valence-corrected chi connectivity index (χ4v) is 2.08. The van der Waals surface area contributed by atoms with Crippen molar-refractivity contribution in [2.24, 2.45) is 11.7 Å². The lowest BCUT2D eigenvalue weighted by Crippen LogP contribution is -2.48. The van der Waals surface area contributed by atoms with Gasteiger partial charge in [0.05, 0.1) is 6.42 Å². The highest BCUT2D eigenvalue weighted by Crippen LogP contribution is 2.19. The van der Waals surface area contributed by atoms with Crippen LogP contribution in [0, 0.1) is 5.92 Å². The Morgan fingerprint density at radius 2 is 2.11 bits per heavy atom. The van der Waals surface area contributed by atoms with Crippen molar-refractivity contribution >= 4 is 17.9 Å². The Morgan fingerprint density at radius 3 is 2.63 bits per heavy atom. The second-order valence-electron chi connectivity index (χ2n) is 4.62. The van der Waals surface area contributed by atoms with Crippen LogP contribution in [0.15, 0.2) is 0 Å². The molecule has 1 saturated heterocycles. The summed E-state index contributed by atoms with van der Waals surface area (Å²) in [6, 6.07) is -1.82. The Kier molecular flexibility index (Phi) is 5.56. The quantitative estimate of drug-likeness (QED) is 0.479. The number of rotatable bonds is 6. The Hall–Kier alpha value is -1.83. The number of carboxylic acid groups (broad SMARTS) is 1. The van der Waals surface area contributed by atoms with Gasteiger partial charge in [0.25, 0.3) is 0 Å². The summed E-state index contributed by atoms with van der Waals surface area (Å²) in [7, 11) is 0. The van der Waals surface area contributed by atoms with Gasteiger partial charge in [0.2, 0.25) is 5.91 Å². The van der Waals surface area contributed by atoms with Crippen molar-refractivity contribution in [2.45, 2.75) is 25.3 Å². The van der Waals surface area contributed by atoms with E-state index in [0.29, 0.717) is 19.5 Å². The lowest BCUT2D eigenvalue weighted by Gasteiger charge is -2.20. The molecule has 2 atom stereocenters. The molecule has 3 amide bonds. The average molecular weight is 273 g/mol. The molecule has 1 rings (SSSR count). The SMILES string of the molecule is NC(=O)CC(NC(=O)N1CCC(CCO)C1)C(=O)O. The number of carbonyl (C=O) groups is 3. The number of nitrogens with zero attached hydrogens (tertiary/aromatic N) is 1. The summed E-state index contributed by atoms with van der Waals surface area (Å²) in [6.07, 6.45) is 0.962. The van der Waals surface area contributed by atoms with Crippen LogP contribution in [0.1, 0.15) is 19.3 Å². The first-order valence-electron chi connectivity index (χ1n) is 6.11. The molecule has 0 saturated carbocycles. The highest BCUT2D eigenvalue weighted by Gasteiger charge is 2.29. The third-order valence-corrected chi connectivity index (χ3v) is 3.11. The fraction of sp³-hybridized carbons (Fsp3) is 0.727. The van der Waals surface area contributed by atoms with Crippen molar-refractivity contribution in [1.82, 2.24) is 10.2 Å². The highest BCUT2D eigenvalue weighted by atomic mass is 16.4. The van der Waals surface area contributed by atoms with Crippen molar-refractivity contribution in [3.8, 4) is 0 Å². The third-order valence-electron chi connectivity index (χ3n) is 3.11. The molecule has 0 aromatic heterocycles. The predicted molar refractivity (Wildman–Crippen MR) is 65.1 cm³/mol. The van der Waals surface area contributed by atoms with E-state index in [9.17, 15) is 14.4 Å². The first-order chi connectivity index (χ1) is 8.93. The van der Waals surface area contributed by atoms with Gasteiger partial charge < -0.3 is 26.2 Å². The molecular formula is C11H19N3O5. The Labute approximate surface area is 110 Å². The van der Waals surface area contributed by atoms with Crippen LogP contribution < -0.4 is 11.1 Å². The van der Waals surface area contributed by atoms with Gasteiger partial charge in [-0.05, 0) is 18.8 Å². The van der Waals surface area contributed by atoms with Gasteiger partial charge in [0.1, 0.15) is 6.04 Å². The summed E-state index contributed by atoms with van der Waals surface area (Å²) < 4.78 is 0. The van der Waals surface area contributed by atoms with E-state index in [2.05, 4.69) is 5.32 Å². The van der Waals surface area contributed by atoms with Gasteiger partial charge in [-0.3, -0.25) is 4.79 Å². The van der Waals surface area contributed by atoms with Crippen molar-refractivity contribution in [1.29, 1.82) is 0 Å². The molecule has 1 aliphatic rings. The average Bonchev–Trinajstić information content (AvgIpc) is 2.76. The lowest BCUT2D eigenvalue weighted by atomic mass is 10.1. The predicted octanol–water partition coefficient (Wildman–Crippen LogP) is -1.27. The number of carboxylic acids is 1. The number of aliphatic hydroxyl groups is 1. The summed E-state index contributed by atoms with van der Waals surface area (Å²) in [4.78, 5) is 34.9. The monoisotopic (exact) mass is 273 g/mol. The third kappa shape index (κ3) is 4.74. The summed E-state index contributed by atoms with van der Waals surface area (Å²) >= 11 is 0. The van der Waals surface area contributed by atoms with Crippen LogP contribution in [0.5, 0.6) is 0 Å². The Balaban J connectivity index is 2.49. The van der Waals surface area contributed by atoms with Crippen LogP contribution in [0.4, 0.5) is 4.79 Å². The Morgan fingerprint density at radius 1 is 1.42 bits per heavy atom. The number of carbonyl (C=O) groups excluding carboxylic acids is 2. The zero-order valence-corrected chi connectivity index (χ0v) is 10.5. The molecule has 108 valence electrons.